The molecule has 0 aliphatic rings. The van der Waals surface area contributed by atoms with Crippen molar-refractivity contribution in [2.75, 3.05) is 6.61 Å². The van der Waals surface area contributed by atoms with Crippen LogP contribution in [0.2, 0.25) is 0 Å². The molecule has 0 radical (unpaired) electrons. The molecule has 1 unspecified atom stereocenters. The van der Waals surface area contributed by atoms with Crippen LogP contribution in [0.4, 0.5) is 13.2 Å². The van der Waals surface area contributed by atoms with Gasteiger partial charge in [-0.05, 0) is 31.2 Å². The molecular formula is C22H21F3NO2P. The molecule has 0 amide bonds. The first-order valence-electron chi connectivity index (χ1n) is 9.10. The largest absolute Gasteiger partial charge is 0.436 e. The Morgan fingerprint density at radius 1 is 0.793 bits per heavy atom. The van der Waals surface area contributed by atoms with Crippen molar-refractivity contribution >= 4 is 17.9 Å². The van der Waals surface area contributed by atoms with Gasteiger partial charge in [-0.2, -0.15) is 13.2 Å². The number of benzene rings is 3. The minimum atomic E-state index is -4.87. The summed E-state index contributed by atoms with van der Waals surface area (Å²) in [4.78, 5) is 0. The van der Waals surface area contributed by atoms with Crippen molar-refractivity contribution in [2.45, 2.75) is 18.8 Å². The van der Waals surface area contributed by atoms with Crippen molar-refractivity contribution < 1.29 is 22.5 Å². The van der Waals surface area contributed by atoms with Crippen LogP contribution in [0.15, 0.2) is 91.0 Å². The second kappa shape index (κ2) is 8.54. The Morgan fingerprint density at radius 2 is 1.21 bits per heavy atom. The standard InChI is InChI=1S/C22H21F3NO2P/c1-2-28-21(22(23,24)25,18-12-6-3-7-13-18)26-29(27,19-14-8-4-9-15-19)20-16-10-5-11-17-20/h3-17H,2H2,1H3,(H,26,27). The third-order valence-corrected chi connectivity index (χ3v) is 7.18. The van der Waals surface area contributed by atoms with E-state index in [1.165, 1.54) is 31.2 Å². The number of rotatable bonds is 7. The molecule has 0 heterocycles. The third-order valence-electron chi connectivity index (χ3n) is 4.49. The van der Waals surface area contributed by atoms with Crippen LogP contribution in [0.1, 0.15) is 12.5 Å². The molecule has 0 saturated heterocycles. The first-order chi connectivity index (χ1) is 13.8. The lowest BCUT2D eigenvalue weighted by molar-refractivity contribution is -0.289. The topological polar surface area (TPSA) is 38.3 Å². The van der Waals surface area contributed by atoms with Crippen molar-refractivity contribution in [3.8, 4) is 0 Å². The van der Waals surface area contributed by atoms with Gasteiger partial charge in [0.15, 0.2) is 0 Å². The summed E-state index contributed by atoms with van der Waals surface area (Å²) in [7, 11) is -3.93. The molecule has 0 fully saturated rings. The van der Waals surface area contributed by atoms with Gasteiger partial charge in [-0.15, -0.1) is 0 Å². The highest BCUT2D eigenvalue weighted by atomic mass is 31.2. The zero-order valence-electron chi connectivity index (χ0n) is 15.8. The van der Waals surface area contributed by atoms with E-state index in [-0.39, 0.29) is 22.8 Å². The molecule has 0 aromatic heterocycles. The van der Waals surface area contributed by atoms with Gasteiger partial charge in [-0.3, -0.25) is 4.57 Å². The summed E-state index contributed by atoms with van der Waals surface area (Å²) in [6, 6.07) is 23.5. The molecule has 0 bridgehead atoms. The van der Waals surface area contributed by atoms with E-state index in [1.807, 2.05) is 0 Å². The van der Waals surface area contributed by atoms with Crippen LogP contribution < -0.4 is 15.7 Å². The highest BCUT2D eigenvalue weighted by Gasteiger charge is 2.60. The molecule has 0 aliphatic heterocycles. The van der Waals surface area contributed by atoms with E-state index in [0.29, 0.717) is 0 Å². The fourth-order valence-corrected chi connectivity index (χ4v) is 5.66. The first kappa shape index (κ1) is 21.3. The zero-order valence-corrected chi connectivity index (χ0v) is 16.7. The first-order valence-corrected chi connectivity index (χ1v) is 10.8. The van der Waals surface area contributed by atoms with Crippen molar-refractivity contribution in [1.29, 1.82) is 0 Å². The quantitative estimate of drug-likeness (QED) is 0.435. The van der Waals surface area contributed by atoms with Crippen molar-refractivity contribution in [2.24, 2.45) is 0 Å². The van der Waals surface area contributed by atoms with E-state index < -0.39 is 19.2 Å². The van der Waals surface area contributed by atoms with E-state index in [4.69, 9.17) is 4.74 Å². The van der Waals surface area contributed by atoms with Crippen molar-refractivity contribution in [1.82, 2.24) is 5.09 Å². The van der Waals surface area contributed by atoms with Gasteiger partial charge in [0, 0.05) is 22.8 Å². The third kappa shape index (κ3) is 4.15. The van der Waals surface area contributed by atoms with Gasteiger partial charge in [0.1, 0.15) is 0 Å². The Kier molecular flexibility index (Phi) is 6.27. The van der Waals surface area contributed by atoms with Crippen LogP contribution in [-0.4, -0.2) is 12.8 Å². The molecule has 1 atom stereocenters. The number of nitrogens with one attached hydrogen (secondary N) is 1. The number of halogens is 3. The number of alkyl halides is 3. The summed E-state index contributed by atoms with van der Waals surface area (Å²) < 4.78 is 63.0. The van der Waals surface area contributed by atoms with Crippen LogP contribution >= 0.6 is 7.29 Å². The Hall–Kier alpha value is -2.40. The molecule has 0 aliphatic carbocycles. The summed E-state index contributed by atoms with van der Waals surface area (Å²) in [5.74, 6) is 0. The van der Waals surface area contributed by atoms with E-state index in [9.17, 15) is 17.7 Å². The van der Waals surface area contributed by atoms with Crippen LogP contribution in [0.25, 0.3) is 0 Å². The molecule has 3 aromatic rings. The summed E-state index contributed by atoms with van der Waals surface area (Å²) in [5.41, 5.74) is -3.11. The molecule has 152 valence electrons. The molecule has 3 nitrogen and oxygen atoms in total. The fourth-order valence-electron chi connectivity index (χ4n) is 3.15. The normalized spacial score (nSPS) is 14.3. The molecule has 7 heteroatoms. The van der Waals surface area contributed by atoms with E-state index >= 15 is 0 Å². The fraction of sp³-hybridized carbons (Fsp3) is 0.182. The van der Waals surface area contributed by atoms with Crippen molar-refractivity contribution in [3.05, 3.63) is 96.6 Å². The van der Waals surface area contributed by atoms with Gasteiger partial charge in [0.2, 0.25) is 13.0 Å². The minimum absolute atomic E-state index is 0.165. The second-order valence-corrected chi connectivity index (χ2v) is 8.85. The monoisotopic (exact) mass is 419 g/mol. The average Bonchev–Trinajstić information content (AvgIpc) is 2.74. The smallest absolute Gasteiger partial charge is 0.348 e. The van der Waals surface area contributed by atoms with Gasteiger partial charge in [0.25, 0.3) is 0 Å². The van der Waals surface area contributed by atoms with Crippen LogP contribution in [0.3, 0.4) is 0 Å². The van der Waals surface area contributed by atoms with Gasteiger partial charge in [-0.1, -0.05) is 66.7 Å². The zero-order chi connectivity index (χ0) is 21.0. The number of hydrogen-bond acceptors (Lipinski definition) is 2. The Bertz CT molecular complexity index is 922. The summed E-state index contributed by atoms with van der Waals surface area (Å²) in [6.07, 6.45) is -4.87. The molecule has 3 aromatic carbocycles. The minimum Gasteiger partial charge on any atom is -0.348 e. The maximum absolute atomic E-state index is 14.5. The van der Waals surface area contributed by atoms with E-state index in [2.05, 4.69) is 5.09 Å². The van der Waals surface area contributed by atoms with Crippen LogP contribution in [0.5, 0.6) is 0 Å². The summed E-state index contributed by atoms with van der Waals surface area (Å²) in [6.45, 7) is 1.24. The highest BCUT2D eigenvalue weighted by molar-refractivity contribution is 7.77. The summed E-state index contributed by atoms with van der Waals surface area (Å²) in [5, 5.41) is 2.96. The van der Waals surface area contributed by atoms with Crippen LogP contribution in [-0.2, 0) is 15.0 Å². The predicted molar refractivity (Wildman–Crippen MR) is 109 cm³/mol. The molecule has 0 spiro atoms. The Morgan fingerprint density at radius 3 is 1.59 bits per heavy atom. The summed E-state index contributed by atoms with van der Waals surface area (Å²) >= 11 is 0. The molecular weight excluding hydrogens is 398 g/mol. The molecule has 29 heavy (non-hydrogen) atoms. The van der Waals surface area contributed by atoms with Crippen molar-refractivity contribution in [3.63, 3.8) is 0 Å². The maximum Gasteiger partial charge on any atom is 0.436 e. The van der Waals surface area contributed by atoms with Gasteiger partial charge in [0.05, 0.1) is 0 Å². The molecule has 1 N–H and O–H groups in total. The van der Waals surface area contributed by atoms with Crippen LogP contribution in [0, 0.1) is 0 Å². The van der Waals surface area contributed by atoms with E-state index in [1.54, 1.807) is 66.7 Å². The van der Waals surface area contributed by atoms with Gasteiger partial charge < -0.3 is 4.74 Å². The Labute approximate surface area is 168 Å². The average molecular weight is 419 g/mol. The molecule has 0 saturated carbocycles. The molecule has 3 rings (SSSR count). The number of hydrogen-bond donors (Lipinski definition) is 1. The van der Waals surface area contributed by atoms with E-state index in [0.717, 1.165) is 0 Å². The van der Waals surface area contributed by atoms with Gasteiger partial charge in [-0.25, -0.2) is 5.09 Å². The highest BCUT2D eigenvalue weighted by Crippen LogP contribution is 2.50. The SMILES string of the molecule is CCOC(NP(=O)(c1ccccc1)c1ccccc1)(c1ccccc1)C(F)(F)F. The lowest BCUT2D eigenvalue weighted by Crippen LogP contribution is -2.56. The maximum atomic E-state index is 14.5. The van der Waals surface area contributed by atoms with Gasteiger partial charge >= 0.3 is 6.18 Å². The lowest BCUT2D eigenvalue weighted by Gasteiger charge is -2.39. The second-order valence-electron chi connectivity index (χ2n) is 6.37. The number of ether oxygens (including phenoxy) is 1. The predicted octanol–water partition coefficient (Wildman–Crippen LogP) is 4.96. The Balaban J connectivity index is 2.26. The lowest BCUT2D eigenvalue weighted by atomic mass is 10.0.